The van der Waals surface area contributed by atoms with Gasteiger partial charge < -0.3 is 10.1 Å². The smallest absolute Gasteiger partial charge is 0.122 e. The largest absolute Gasteiger partial charge is 0.496 e. The van der Waals surface area contributed by atoms with Crippen LogP contribution in [0.2, 0.25) is 0 Å². The summed E-state index contributed by atoms with van der Waals surface area (Å²) in [7, 11) is 1.78. The van der Waals surface area contributed by atoms with Crippen molar-refractivity contribution in [2.24, 2.45) is 17.8 Å². The molecular formula is C18H27NO. The van der Waals surface area contributed by atoms with E-state index in [0.29, 0.717) is 6.04 Å². The van der Waals surface area contributed by atoms with E-state index in [9.17, 15) is 0 Å². The monoisotopic (exact) mass is 273 g/mol. The van der Waals surface area contributed by atoms with E-state index in [4.69, 9.17) is 4.74 Å². The van der Waals surface area contributed by atoms with Gasteiger partial charge in [-0.3, -0.25) is 0 Å². The first-order valence-corrected chi connectivity index (χ1v) is 8.08. The lowest BCUT2D eigenvalue weighted by Crippen LogP contribution is -2.37. The number of methoxy groups -OCH3 is 1. The zero-order valence-corrected chi connectivity index (χ0v) is 13.0. The molecular weight excluding hydrogens is 246 g/mol. The van der Waals surface area contributed by atoms with E-state index in [1.807, 2.05) is 0 Å². The van der Waals surface area contributed by atoms with Gasteiger partial charge >= 0.3 is 0 Å². The van der Waals surface area contributed by atoms with Gasteiger partial charge in [0, 0.05) is 6.04 Å². The van der Waals surface area contributed by atoms with Crippen LogP contribution >= 0.6 is 0 Å². The third-order valence-corrected chi connectivity index (χ3v) is 5.19. The Morgan fingerprint density at radius 3 is 2.65 bits per heavy atom. The number of nitrogens with one attached hydrogen (secondary N) is 1. The molecule has 0 aliphatic heterocycles. The average Bonchev–Trinajstić information content (AvgIpc) is 3.05. The molecule has 0 amide bonds. The minimum Gasteiger partial charge on any atom is -0.496 e. The third-order valence-electron chi connectivity index (χ3n) is 5.19. The molecule has 3 unspecified atom stereocenters. The minimum atomic E-state index is 0.614. The molecule has 0 saturated heterocycles. The molecule has 0 spiro atoms. The first-order valence-electron chi connectivity index (χ1n) is 8.08. The molecule has 2 saturated carbocycles. The maximum atomic E-state index is 5.54. The summed E-state index contributed by atoms with van der Waals surface area (Å²) in [6, 6.07) is 7.15. The van der Waals surface area contributed by atoms with E-state index < -0.39 is 0 Å². The predicted octanol–water partition coefficient (Wildman–Crippen LogP) is 3.57. The van der Waals surface area contributed by atoms with E-state index in [0.717, 1.165) is 36.5 Å². The van der Waals surface area contributed by atoms with Crippen LogP contribution in [0.1, 0.15) is 37.3 Å². The van der Waals surface area contributed by atoms with Gasteiger partial charge in [0.05, 0.1) is 7.11 Å². The Balaban J connectivity index is 1.73. The van der Waals surface area contributed by atoms with Crippen LogP contribution in [0.5, 0.6) is 5.75 Å². The van der Waals surface area contributed by atoms with E-state index in [1.165, 1.54) is 30.4 Å². The first-order chi connectivity index (χ1) is 9.71. The second-order valence-corrected chi connectivity index (χ2v) is 6.67. The number of rotatable bonds is 6. The summed E-state index contributed by atoms with van der Waals surface area (Å²) in [5.41, 5.74) is 2.68. The molecule has 1 aromatic rings. The fourth-order valence-corrected chi connectivity index (χ4v) is 4.06. The zero-order valence-electron chi connectivity index (χ0n) is 13.0. The predicted molar refractivity (Wildman–Crippen MR) is 83.2 cm³/mol. The van der Waals surface area contributed by atoms with Crippen LogP contribution in [0.4, 0.5) is 0 Å². The fraction of sp³-hybridized carbons (Fsp3) is 0.667. The van der Waals surface area contributed by atoms with Crippen LogP contribution in [0.15, 0.2) is 18.2 Å². The van der Waals surface area contributed by atoms with Crippen LogP contribution in [0.25, 0.3) is 0 Å². The summed E-state index contributed by atoms with van der Waals surface area (Å²) in [5, 5.41) is 3.73. The topological polar surface area (TPSA) is 21.3 Å². The molecule has 2 nitrogen and oxygen atoms in total. The molecule has 1 N–H and O–H groups in total. The Labute approximate surface area is 122 Å². The van der Waals surface area contributed by atoms with Gasteiger partial charge in [0.15, 0.2) is 0 Å². The van der Waals surface area contributed by atoms with Crippen molar-refractivity contribution in [3.8, 4) is 5.75 Å². The summed E-state index contributed by atoms with van der Waals surface area (Å²) in [6.45, 7) is 5.44. The van der Waals surface area contributed by atoms with Crippen molar-refractivity contribution < 1.29 is 4.74 Å². The molecule has 0 aromatic heterocycles. The van der Waals surface area contributed by atoms with Crippen LogP contribution in [0, 0.1) is 24.7 Å². The van der Waals surface area contributed by atoms with Crippen molar-refractivity contribution in [3.63, 3.8) is 0 Å². The van der Waals surface area contributed by atoms with Gasteiger partial charge in [0.25, 0.3) is 0 Å². The molecule has 110 valence electrons. The molecule has 2 fully saturated rings. The molecule has 1 aromatic carbocycles. The first kappa shape index (κ1) is 13.9. The molecule has 0 radical (unpaired) electrons. The Bertz CT molecular complexity index is 460. The maximum absolute atomic E-state index is 5.54. The van der Waals surface area contributed by atoms with Gasteiger partial charge in [-0.1, -0.05) is 24.6 Å². The van der Waals surface area contributed by atoms with Crippen LogP contribution in [0.3, 0.4) is 0 Å². The molecule has 20 heavy (non-hydrogen) atoms. The number of fused-ring (bicyclic) bond motifs is 1. The average molecular weight is 273 g/mol. The zero-order chi connectivity index (χ0) is 14.1. The highest BCUT2D eigenvalue weighted by atomic mass is 16.5. The highest BCUT2D eigenvalue weighted by Gasteiger charge is 2.47. The Morgan fingerprint density at radius 1 is 1.25 bits per heavy atom. The number of benzene rings is 1. The quantitative estimate of drug-likeness (QED) is 0.855. The van der Waals surface area contributed by atoms with Crippen LogP contribution in [-0.4, -0.2) is 19.7 Å². The van der Waals surface area contributed by atoms with Crippen molar-refractivity contribution in [2.75, 3.05) is 13.7 Å². The lowest BCUT2D eigenvalue weighted by Gasteiger charge is -2.26. The molecule has 0 heterocycles. The second-order valence-electron chi connectivity index (χ2n) is 6.67. The summed E-state index contributed by atoms with van der Waals surface area (Å²) in [4.78, 5) is 0. The maximum Gasteiger partial charge on any atom is 0.122 e. The van der Waals surface area contributed by atoms with E-state index >= 15 is 0 Å². The van der Waals surface area contributed by atoms with E-state index in [2.05, 4.69) is 37.4 Å². The summed E-state index contributed by atoms with van der Waals surface area (Å²) < 4.78 is 5.54. The van der Waals surface area contributed by atoms with Gasteiger partial charge in [-0.2, -0.15) is 0 Å². The lowest BCUT2D eigenvalue weighted by molar-refractivity contribution is 0.331. The van der Waals surface area contributed by atoms with Crippen molar-refractivity contribution >= 4 is 0 Å². The Kier molecular flexibility index (Phi) is 4.02. The standard InChI is InChI=1S/C18H27NO/c1-4-19-17(15-9-13-8-14(13)10-15)11-16-7-12(2)5-6-18(16)20-3/h5-7,13-15,17,19H,4,8-11H2,1-3H3. The SMILES string of the molecule is CCNC(Cc1cc(C)ccc1OC)C1CC2CC2C1. The normalized spacial score (nSPS) is 29.1. The van der Waals surface area contributed by atoms with Crippen molar-refractivity contribution in [1.29, 1.82) is 0 Å². The molecule has 0 bridgehead atoms. The number of hydrogen-bond donors (Lipinski definition) is 1. The Hall–Kier alpha value is -1.02. The second kappa shape index (κ2) is 5.77. The summed E-state index contributed by atoms with van der Waals surface area (Å²) in [6.07, 6.45) is 5.48. The minimum absolute atomic E-state index is 0.614. The number of hydrogen-bond acceptors (Lipinski definition) is 2. The Morgan fingerprint density at radius 2 is 2.00 bits per heavy atom. The summed E-state index contributed by atoms with van der Waals surface area (Å²) >= 11 is 0. The fourth-order valence-electron chi connectivity index (χ4n) is 4.06. The van der Waals surface area contributed by atoms with Crippen LogP contribution in [-0.2, 0) is 6.42 Å². The van der Waals surface area contributed by atoms with E-state index in [-0.39, 0.29) is 0 Å². The lowest BCUT2D eigenvalue weighted by atomic mass is 9.89. The highest BCUT2D eigenvalue weighted by Crippen LogP contribution is 2.55. The van der Waals surface area contributed by atoms with Crippen molar-refractivity contribution in [2.45, 2.75) is 45.6 Å². The third kappa shape index (κ3) is 2.85. The van der Waals surface area contributed by atoms with E-state index in [1.54, 1.807) is 7.11 Å². The van der Waals surface area contributed by atoms with Crippen LogP contribution < -0.4 is 10.1 Å². The number of likely N-dealkylation sites (N-methyl/N-ethyl adjacent to an activating group) is 1. The van der Waals surface area contributed by atoms with Gasteiger partial charge in [-0.25, -0.2) is 0 Å². The number of aryl methyl sites for hydroxylation is 1. The van der Waals surface area contributed by atoms with Crippen molar-refractivity contribution in [1.82, 2.24) is 5.32 Å². The van der Waals surface area contributed by atoms with Crippen molar-refractivity contribution in [3.05, 3.63) is 29.3 Å². The molecule has 3 atom stereocenters. The van der Waals surface area contributed by atoms with Gasteiger partial charge in [0.1, 0.15) is 5.75 Å². The molecule has 3 rings (SSSR count). The van der Waals surface area contributed by atoms with Gasteiger partial charge in [-0.05, 0) is 68.5 Å². The highest BCUT2D eigenvalue weighted by molar-refractivity contribution is 5.37. The molecule has 2 aliphatic carbocycles. The number of ether oxygens (including phenoxy) is 1. The van der Waals surface area contributed by atoms with Gasteiger partial charge in [-0.15, -0.1) is 0 Å². The molecule has 2 heteroatoms. The summed E-state index contributed by atoms with van der Waals surface area (Å²) in [5.74, 6) is 4.02. The molecule has 2 aliphatic rings. The van der Waals surface area contributed by atoms with Gasteiger partial charge in [0.2, 0.25) is 0 Å².